The van der Waals surface area contributed by atoms with Gasteiger partial charge in [0.05, 0.1) is 19.6 Å². The van der Waals surface area contributed by atoms with E-state index in [2.05, 4.69) is 15.9 Å². The first kappa shape index (κ1) is 18.3. The van der Waals surface area contributed by atoms with Crippen molar-refractivity contribution < 1.29 is 13.9 Å². The minimum absolute atomic E-state index is 0.643. The van der Waals surface area contributed by atoms with Gasteiger partial charge in [-0.25, -0.2) is 4.99 Å². The molecular weight excluding hydrogens is 418 g/mol. The molecule has 4 aromatic rings. The Kier molecular flexibility index (Phi) is 5.17. The van der Waals surface area contributed by atoms with Crippen molar-refractivity contribution in [3.8, 4) is 22.8 Å². The van der Waals surface area contributed by atoms with Gasteiger partial charge in [0, 0.05) is 27.6 Å². The van der Waals surface area contributed by atoms with Crippen LogP contribution >= 0.6 is 15.9 Å². The van der Waals surface area contributed by atoms with E-state index < -0.39 is 0 Å². The van der Waals surface area contributed by atoms with Crippen molar-refractivity contribution in [1.29, 1.82) is 0 Å². The molecule has 28 heavy (non-hydrogen) atoms. The fourth-order valence-corrected chi connectivity index (χ4v) is 3.35. The van der Waals surface area contributed by atoms with Gasteiger partial charge in [0.1, 0.15) is 28.5 Å². The standard InChI is InChI=1S/C23H18BrNO3/c1-26-17-9-10-19(23(13-17)27-2)25-20-14-22(15-6-4-3-5-7-15)28-21-11-8-16(24)12-18(20)21/h3-14H,1-2H3. The van der Waals surface area contributed by atoms with Gasteiger partial charge in [-0.05, 0) is 30.3 Å². The Balaban J connectivity index is 1.99. The van der Waals surface area contributed by atoms with Crippen LogP contribution < -0.4 is 14.8 Å². The Labute approximate surface area is 171 Å². The quantitative estimate of drug-likeness (QED) is 0.388. The van der Waals surface area contributed by atoms with Crippen LogP contribution in [0.4, 0.5) is 5.69 Å². The molecule has 0 aliphatic rings. The van der Waals surface area contributed by atoms with Crippen LogP contribution in [-0.2, 0) is 0 Å². The molecule has 0 saturated heterocycles. The summed E-state index contributed by atoms with van der Waals surface area (Å²) in [6.07, 6.45) is 0. The number of hydrogen-bond acceptors (Lipinski definition) is 4. The second-order valence-corrected chi connectivity index (χ2v) is 7.07. The van der Waals surface area contributed by atoms with Crippen molar-refractivity contribution in [2.75, 3.05) is 14.2 Å². The van der Waals surface area contributed by atoms with Crippen LogP contribution in [0.2, 0.25) is 0 Å². The van der Waals surface area contributed by atoms with E-state index in [0.717, 1.165) is 43.6 Å². The Bertz CT molecular complexity index is 1200. The number of ether oxygens (including phenoxy) is 2. The molecule has 140 valence electrons. The maximum atomic E-state index is 6.14. The number of halogens is 1. The van der Waals surface area contributed by atoms with E-state index in [4.69, 9.17) is 18.9 Å². The average molecular weight is 436 g/mol. The molecule has 3 aromatic carbocycles. The van der Waals surface area contributed by atoms with Crippen LogP contribution in [0, 0.1) is 0 Å². The van der Waals surface area contributed by atoms with Crippen LogP contribution in [0.3, 0.4) is 0 Å². The van der Waals surface area contributed by atoms with Crippen molar-refractivity contribution in [2.45, 2.75) is 0 Å². The normalized spacial score (nSPS) is 11.6. The second-order valence-electron chi connectivity index (χ2n) is 6.15. The van der Waals surface area contributed by atoms with Crippen molar-refractivity contribution in [1.82, 2.24) is 0 Å². The Morgan fingerprint density at radius 2 is 1.68 bits per heavy atom. The molecule has 0 atom stereocenters. The van der Waals surface area contributed by atoms with Crippen molar-refractivity contribution in [2.24, 2.45) is 4.99 Å². The van der Waals surface area contributed by atoms with E-state index in [1.165, 1.54) is 0 Å². The van der Waals surface area contributed by atoms with Crippen molar-refractivity contribution in [3.05, 3.63) is 82.6 Å². The lowest BCUT2D eigenvalue weighted by atomic mass is 10.1. The Hall–Kier alpha value is -3.05. The fraction of sp³-hybridized carbons (Fsp3) is 0.0870. The van der Waals surface area contributed by atoms with E-state index in [-0.39, 0.29) is 0 Å². The summed E-state index contributed by atoms with van der Waals surface area (Å²) in [6, 6.07) is 23.4. The van der Waals surface area contributed by atoms with E-state index in [1.54, 1.807) is 14.2 Å². The summed E-state index contributed by atoms with van der Waals surface area (Å²) in [7, 11) is 3.25. The highest BCUT2D eigenvalue weighted by molar-refractivity contribution is 9.10. The maximum absolute atomic E-state index is 6.14. The summed E-state index contributed by atoms with van der Waals surface area (Å²) in [5, 5.41) is 1.71. The predicted molar refractivity (Wildman–Crippen MR) is 114 cm³/mol. The van der Waals surface area contributed by atoms with Gasteiger partial charge in [-0.15, -0.1) is 0 Å². The molecule has 0 N–H and O–H groups in total. The third-order valence-corrected chi connectivity index (χ3v) is 4.88. The van der Waals surface area contributed by atoms with E-state index in [0.29, 0.717) is 5.75 Å². The number of nitrogens with zero attached hydrogens (tertiary/aromatic N) is 1. The van der Waals surface area contributed by atoms with E-state index >= 15 is 0 Å². The minimum Gasteiger partial charge on any atom is -0.497 e. The van der Waals surface area contributed by atoms with Gasteiger partial charge in [-0.2, -0.15) is 0 Å². The minimum atomic E-state index is 0.643. The van der Waals surface area contributed by atoms with Gasteiger partial charge in [0.2, 0.25) is 0 Å². The first-order valence-corrected chi connectivity index (χ1v) is 9.53. The molecule has 0 fully saturated rings. The summed E-state index contributed by atoms with van der Waals surface area (Å²) < 4.78 is 17.9. The van der Waals surface area contributed by atoms with Crippen LogP contribution in [-0.4, -0.2) is 14.2 Å². The molecule has 4 rings (SSSR count). The highest BCUT2D eigenvalue weighted by Crippen LogP contribution is 2.32. The SMILES string of the molecule is COc1ccc(N=c2cc(-c3ccccc3)oc3ccc(Br)cc23)c(OC)c1. The smallest absolute Gasteiger partial charge is 0.148 e. The molecule has 0 radical (unpaired) electrons. The third-order valence-electron chi connectivity index (χ3n) is 4.39. The van der Waals surface area contributed by atoms with Gasteiger partial charge >= 0.3 is 0 Å². The zero-order chi connectivity index (χ0) is 19.5. The first-order valence-electron chi connectivity index (χ1n) is 8.73. The molecule has 0 aliphatic carbocycles. The van der Waals surface area contributed by atoms with Crippen LogP contribution in [0.5, 0.6) is 11.5 Å². The number of rotatable bonds is 4. The number of methoxy groups -OCH3 is 2. The maximum Gasteiger partial charge on any atom is 0.148 e. The number of hydrogen-bond donors (Lipinski definition) is 0. The van der Waals surface area contributed by atoms with Crippen molar-refractivity contribution >= 4 is 32.6 Å². The van der Waals surface area contributed by atoms with Crippen LogP contribution in [0.1, 0.15) is 0 Å². The van der Waals surface area contributed by atoms with Crippen LogP contribution in [0.15, 0.2) is 86.7 Å². The molecule has 0 unspecified atom stereocenters. The van der Waals surface area contributed by atoms with Crippen molar-refractivity contribution in [3.63, 3.8) is 0 Å². The lowest BCUT2D eigenvalue weighted by molar-refractivity contribution is 0.395. The number of benzene rings is 3. The monoisotopic (exact) mass is 435 g/mol. The molecule has 0 saturated carbocycles. The molecule has 1 heterocycles. The highest BCUT2D eigenvalue weighted by Gasteiger charge is 2.09. The fourth-order valence-electron chi connectivity index (χ4n) is 2.99. The molecule has 5 heteroatoms. The summed E-state index contributed by atoms with van der Waals surface area (Å²) in [6.45, 7) is 0. The average Bonchev–Trinajstić information content (AvgIpc) is 2.74. The lowest BCUT2D eigenvalue weighted by Gasteiger charge is -2.08. The summed E-state index contributed by atoms with van der Waals surface area (Å²) in [4.78, 5) is 4.88. The third kappa shape index (κ3) is 3.66. The topological polar surface area (TPSA) is 44.0 Å². The number of fused-ring (bicyclic) bond motifs is 1. The molecule has 0 bridgehead atoms. The second kappa shape index (κ2) is 7.90. The molecule has 0 amide bonds. The predicted octanol–water partition coefficient (Wildman–Crippen LogP) is 6.11. The van der Waals surface area contributed by atoms with Gasteiger partial charge in [0.15, 0.2) is 0 Å². The summed E-state index contributed by atoms with van der Waals surface area (Å²) in [5.74, 6) is 2.11. The summed E-state index contributed by atoms with van der Waals surface area (Å²) >= 11 is 3.54. The first-order chi connectivity index (χ1) is 13.7. The van der Waals surface area contributed by atoms with Crippen LogP contribution in [0.25, 0.3) is 22.3 Å². The van der Waals surface area contributed by atoms with E-state index in [9.17, 15) is 0 Å². The zero-order valence-corrected chi connectivity index (χ0v) is 17.1. The van der Waals surface area contributed by atoms with Gasteiger partial charge in [-0.3, -0.25) is 0 Å². The molecule has 4 nitrogen and oxygen atoms in total. The molecule has 1 aromatic heterocycles. The van der Waals surface area contributed by atoms with Gasteiger partial charge in [-0.1, -0.05) is 46.3 Å². The zero-order valence-electron chi connectivity index (χ0n) is 15.5. The molecule has 0 spiro atoms. The van der Waals surface area contributed by atoms with Gasteiger partial charge in [0.25, 0.3) is 0 Å². The molecule has 0 aliphatic heterocycles. The lowest BCUT2D eigenvalue weighted by Crippen LogP contribution is -2.03. The Morgan fingerprint density at radius 1 is 0.857 bits per heavy atom. The molecular formula is C23H18BrNO3. The largest absolute Gasteiger partial charge is 0.497 e. The van der Waals surface area contributed by atoms with Gasteiger partial charge < -0.3 is 13.9 Å². The van der Waals surface area contributed by atoms with E-state index in [1.807, 2.05) is 72.8 Å². The highest BCUT2D eigenvalue weighted by atomic mass is 79.9. The Morgan fingerprint density at radius 3 is 2.43 bits per heavy atom. The summed E-state index contributed by atoms with van der Waals surface area (Å²) in [5.41, 5.74) is 2.47.